The maximum Gasteiger partial charge on any atom is 0.243 e. The van der Waals surface area contributed by atoms with E-state index in [4.69, 9.17) is 0 Å². The molecule has 1 aromatic carbocycles. The van der Waals surface area contributed by atoms with Crippen LogP contribution in [0.3, 0.4) is 0 Å². The first-order valence-electron chi connectivity index (χ1n) is 6.53. The van der Waals surface area contributed by atoms with E-state index in [1.807, 2.05) is 0 Å². The number of benzene rings is 1. The number of amides is 1. The van der Waals surface area contributed by atoms with Gasteiger partial charge in [-0.2, -0.15) is 4.72 Å². The van der Waals surface area contributed by atoms with E-state index in [-0.39, 0.29) is 16.8 Å². The number of carbonyl (C=O) groups is 1. The van der Waals surface area contributed by atoms with Gasteiger partial charge in [0, 0.05) is 13.1 Å². The molecule has 110 valence electrons. The summed E-state index contributed by atoms with van der Waals surface area (Å²) in [5.74, 6) is -0.294. The Balaban J connectivity index is 2.11. The molecule has 1 aliphatic carbocycles. The van der Waals surface area contributed by atoms with Crippen molar-refractivity contribution in [1.82, 2.24) is 10.0 Å². The minimum atomic E-state index is -3.74. The molecule has 6 nitrogen and oxygen atoms in total. The Labute approximate surface area is 119 Å². The van der Waals surface area contributed by atoms with Crippen LogP contribution < -0.4 is 15.4 Å². The zero-order chi connectivity index (χ0) is 14.8. The van der Waals surface area contributed by atoms with Crippen LogP contribution in [0.25, 0.3) is 0 Å². The lowest BCUT2D eigenvalue weighted by Gasteiger charge is -2.16. The molecule has 1 aliphatic rings. The largest absolute Gasteiger partial charge is 0.387 e. The van der Waals surface area contributed by atoms with Crippen molar-refractivity contribution in [3.63, 3.8) is 0 Å². The standard InChI is InChI=1S/C13H19N3O3S/c1-9(13(17)15-10-7-8-10)16-20(18,19)12-6-4-3-5-11(12)14-2/h3-6,9-10,14,16H,7-8H2,1-2H3,(H,15,17). The normalized spacial score (nSPS) is 16.5. The maximum absolute atomic E-state index is 12.3. The highest BCUT2D eigenvalue weighted by molar-refractivity contribution is 7.89. The van der Waals surface area contributed by atoms with Crippen molar-refractivity contribution < 1.29 is 13.2 Å². The zero-order valence-electron chi connectivity index (χ0n) is 11.5. The Hall–Kier alpha value is -1.60. The van der Waals surface area contributed by atoms with E-state index < -0.39 is 16.1 Å². The lowest BCUT2D eigenvalue weighted by atomic mass is 10.3. The van der Waals surface area contributed by atoms with E-state index in [9.17, 15) is 13.2 Å². The number of hydrogen-bond donors (Lipinski definition) is 3. The van der Waals surface area contributed by atoms with Crippen LogP contribution >= 0.6 is 0 Å². The number of nitrogens with one attached hydrogen (secondary N) is 3. The lowest BCUT2D eigenvalue weighted by Crippen LogP contribution is -2.45. The summed E-state index contributed by atoms with van der Waals surface area (Å²) in [6.45, 7) is 1.54. The van der Waals surface area contributed by atoms with Gasteiger partial charge in [-0.05, 0) is 31.9 Å². The van der Waals surface area contributed by atoms with Gasteiger partial charge in [-0.25, -0.2) is 8.42 Å². The highest BCUT2D eigenvalue weighted by Gasteiger charge is 2.28. The molecule has 0 bridgehead atoms. The molecule has 7 heteroatoms. The highest BCUT2D eigenvalue weighted by atomic mass is 32.2. The summed E-state index contributed by atoms with van der Waals surface area (Å²) >= 11 is 0. The van der Waals surface area contributed by atoms with Crippen molar-refractivity contribution >= 4 is 21.6 Å². The molecule has 1 amide bonds. The second kappa shape index (κ2) is 5.80. The van der Waals surface area contributed by atoms with E-state index in [0.717, 1.165) is 12.8 Å². The van der Waals surface area contributed by atoms with E-state index in [0.29, 0.717) is 5.69 Å². The highest BCUT2D eigenvalue weighted by Crippen LogP contribution is 2.21. The van der Waals surface area contributed by atoms with Crippen molar-refractivity contribution in [2.24, 2.45) is 0 Å². The molecule has 0 radical (unpaired) electrons. The molecule has 0 saturated heterocycles. The fourth-order valence-electron chi connectivity index (χ4n) is 1.81. The van der Waals surface area contributed by atoms with E-state index in [1.54, 1.807) is 25.2 Å². The summed E-state index contributed by atoms with van der Waals surface area (Å²) in [5, 5.41) is 5.60. The van der Waals surface area contributed by atoms with Crippen LogP contribution in [0.15, 0.2) is 29.2 Å². The zero-order valence-corrected chi connectivity index (χ0v) is 12.3. The molecule has 1 unspecified atom stereocenters. The predicted molar refractivity (Wildman–Crippen MR) is 76.9 cm³/mol. The van der Waals surface area contributed by atoms with Gasteiger partial charge in [-0.1, -0.05) is 12.1 Å². The van der Waals surface area contributed by atoms with Crippen LogP contribution in [0.4, 0.5) is 5.69 Å². The van der Waals surface area contributed by atoms with Gasteiger partial charge < -0.3 is 10.6 Å². The minimum Gasteiger partial charge on any atom is -0.387 e. The average Bonchev–Trinajstić information content (AvgIpc) is 3.22. The van der Waals surface area contributed by atoms with Crippen LogP contribution in [-0.4, -0.2) is 33.5 Å². The summed E-state index contributed by atoms with van der Waals surface area (Å²) in [6, 6.07) is 5.96. The third kappa shape index (κ3) is 3.49. The molecule has 0 aliphatic heterocycles. The summed E-state index contributed by atoms with van der Waals surface area (Å²) in [6.07, 6.45) is 1.93. The second-order valence-electron chi connectivity index (χ2n) is 4.87. The topological polar surface area (TPSA) is 87.3 Å². The number of sulfonamides is 1. The van der Waals surface area contributed by atoms with Gasteiger partial charge in [0.05, 0.1) is 11.7 Å². The minimum absolute atomic E-state index is 0.133. The molecule has 20 heavy (non-hydrogen) atoms. The number of carbonyl (C=O) groups excluding carboxylic acids is 1. The quantitative estimate of drug-likeness (QED) is 0.720. The number of hydrogen-bond acceptors (Lipinski definition) is 4. The first kappa shape index (κ1) is 14.8. The molecular formula is C13H19N3O3S. The first-order valence-corrected chi connectivity index (χ1v) is 8.02. The summed E-state index contributed by atoms with van der Waals surface area (Å²) in [4.78, 5) is 11.9. The fraction of sp³-hybridized carbons (Fsp3) is 0.462. The van der Waals surface area contributed by atoms with E-state index in [1.165, 1.54) is 13.0 Å². The SMILES string of the molecule is CNc1ccccc1S(=O)(=O)NC(C)C(=O)NC1CC1. The molecule has 0 heterocycles. The monoisotopic (exact) mass is 297 g/mol. The van der Waals surface area contributed by atoms with Crippen molar-refractivity contribution in [2.45, 2.75) is 36.7 Å². The van der Waals surface area contributed by atoms with Crippen molar-refractivity contribution in [2.75, 3.05) is 12.4 Å². The van der Waals surface area contributed by atoms with Gasteiger partial charge in [0.25, 0.3) is 0 Å². The molecule has 0 aromatic heterocycles. The Bertz CT molecular complexity index is 597. The summed E-state index contributed by atoms with van der Waals surface area (Å²) < 4.78 is 27.0. The summed E-state index contributed by atoms with van der Waals surface area (Å²) in [7, 11) is -2.09. The Morgan fingerprint density at radius 2 is 1.95 bits per heavy atom. The molecule has 1 fully saturated rings. The third-order valence-corrected chi connectivity index (χ3v) is 4.69. The lowest BCUT2D eigenvalue weighted by molar-refractivity contribution is -0.122. The van der Waals surface area contributed by atoms with Crippen molar-refractivity contribution in [3.8, 4) is 0 Å². The van der Waals surface area contributed by atoms with Gasteiger partial charge in [0.15, 0.2) is 0 Å². The maximum atomic E-state index is 12.3. The number of anilines is 1. The van der Waals surface area contributed by atoms with Crippen LogP contribution in [0, 0.1) is 0 Å². The Morgan fingerprint density at radius 1 is 1.30 bits per heavy atom. The van der Waals surface area contributed by atoms with Crippen molar-refractivity contribution in [3.05, 3.63) is 24.3 Å². The molecule has 2 rings (SSSR count). The second-order valence-corrected chi connectivity index (χ2v) is 6.55. The van der Waals surface area contributed by atoms with Crippen LogP contribution in [0.1, 0.15) is 19.8 Å². The van der Waals surface area contributed by atoms with E-state index >= 15 is 0 Å². The predicted octanol–water partition coefficient (Wildman–Crippen LogP) is 0.674. The average molecular weight is 297 g/mol. The smallest absolute Gasteiger partial charge is 0.243 e. The number of para-hydroxylation sites is 1. The van der Waals surface area contributed by atoms with Crippen LogP contribution in [0.5, 0.6) is 0 Å². The van der Waals surface area contributed by atoms with Gasteiger partial charge in [-0.3, -0.25) is 4.79 Å². The summed E-state index contributed by atoms with van der Waals surface area (Å²) in [5.41, 5.74) is 0.495. The Morgan fingerprint density at radius 3 is 2.55 bits per heavy atom. The molecule has 1 aromatic rings. The molecule has 0 spiro atoms. The van der Waals surface area contributed by atoms with E-state index in [2.05, 4.69) is 15.4 Å². The van der Waals surface area contributed by atoms with Crippen LogP contribution in [-0.2, 0) is 14.8 Å². The van der Waals surface area contributed by atoms with Gasteiger partial charge in [0.1, 0.15) is 4.90 Å². The van der Waals surface area contributed by atoms with Crippen molar-refractivity contribution in [1.29, 1.82) is 0 Å². The molecular weight excluding hydrogens is 278 g/mol. The van der Waals surface area contributed by atoms with Crippen LogP contribution in [0.2, 0.25) is 0 Å². The first-order chi connectivity index (χ1) is 9.44. The molecule has 1 atom stereocenters. The van der Waals surface area contributed by atoms with Gasteiger partial charge in [0.2, 0.25) is 15.9 Å². The fourth-order valence-corrected chi connectivity index (χ4v) is 3.23. The Kier molecular flexibility index (Phi) is 4.29. The van der Waals surface area contributed by atoms with Gasteiger partial charge >= 0.3 is 0 Å². The third-order valence-electron chi connectivity index (χ3n) is 3.09. The molecule has 3 N–H and O–H groups in total. The number of rotatable bonds is 6. The molecule has 1 saturated carbocycles. The van der Waals surface area contributed by atoms with Gasteiger partial charge in [-0.15, -0.1) is 0 Å².